The van der Waals surface area contributed by atoms with Gasteiger partial charge in [-0.2, -0.15) is 0 Å². The van der Waals surface area contributed by atoms with Gasteiger partial charge in [-0.15, -0.1) is 10.2 Å². The summed E-state index contributed by atoms with van der Waals surface area (Å²) in [5.41, 5.74) is 5.76. The van der Waals surface area contributed by atoms with Gasteiger partial charge in [-0.05, 0) is 55.7 Å². The van der Waals surface area contributed by atoms with Crippen molar-refractivity contribution in [2.45, 2.75) is 20.3 Å². The molecule has 1 aromatic heterocycles. The van der Waals surface area contributed by atoms with E-state index in [9.17, 15) is 4.79 Å². The molecule has 0 fully saturated rings. The van der Waals surface area contributed by atoms with E-state index < -0.39 is 0 Å². The van der Waals surface area contributed by atoms with E-state index in [-0.39, 0.29) is 5.91 Å². The second kappa shape index (κ2) is 6.59. The topological polar surface area (TPSA) is 58.1 Å². The number of nitrogens with one attached hydrogen (secondary N) is 1. The minimum atomic E-state index is -0.252. The Morgan fingerprint density at radius 1 is 1.04 bits per heavy atom. The number of carbonyl (C=O) groups is 1. The summed E-state index contributed by atoms with van der Waals surface area (Å²) in [5, 5.41) is 11.3. The maximum Gasteiger partial charge on any atom is 0.276 e. The Hall–Kier alpha value is -3.21. The largest absolute Gasteiger partial charge is 0.324 e. The lowest BCUT2D eigenvalue weighted by atomic mass is 10.1. The minimum absolute atomic E-state index is 0.252. The van der Waals surface area contributed by atoms with Crippen molar-refractivity contribution in [2.24, 2.45) is 0 Å². The van der Waals surface area contributed by atoms with E-state index in [2.05, 4.69) is 38.6 Å². The van der Waals surface area contributed by atoms with Crippen LogP contribution in [-0.2, 0) is 6.42 Å². The molecule has 130 valence electrons. The molecule has 0 saturated carbocycles. The van der Waals surface area contributed by atoms with Gasteiger partial charge in [0.25, 0.3) is 5.91 Å². The summed E-state index contributed by atoms with van der Waals surface area (Å²) in [7, 11) is 0. The minimum Gasteiger partial charge on any atom is -0.324 e. The molecule has 0 unspecified atom stereocenters. The Kier molecular flexibility index (Phi) is 4.13. The number of aromatic nitrogens is 2. The monoisotopic (exact) mass is 344 g/mol. The summed E-state index contributed by atoms with van der Waals surface area (Å²) in [6, 6.07) is 17.8. The number of anilines is 3. The molecule has 0 atom stereocenters. The summed E-state index contributed by atoms with van der Waals surface area (Å²) in [6.45, 7) is 4.88. The molecular weight excluding hydrogens is 324 g/mol. The van der Waals surface area contributed by atoms with Crippen LogP contribution in [0, 0.1) is 13.8 Å². The van der Waals surface area contributed by atoms with Gasteiger partial charge < -0.3 is 10.2 Å². The Bertz CT molecular complexity index is 966. The Morgan fingerprint density at radius 2 is 1.88 bits per heavy atom. The highest BCUT2D eigenvalue weighted by atomic mass is 16.1. The zero-order valence-corrected chi connectivity index (χ0v) is 14.9. The lowest BCUT2D eigenvalue weighted by molar-refractivity contribution is 0.102. The number of hydrogen-bond acceptors (Lipinski definition) is 4. The predicted molar refractivity (Wildman–Crippen MR) is 103 cm³/mol. The third-order valence-electron chi connectivity index (χ3n) is 4.68. The fourth-order valence-corrected chi connectivity index (χ4v) is 3.31. The smallest absolute Gasteiger partial charge is 0.276 e. The van der Waals surface area contributed by atoms with Crippen LogP contribution in [-0.4, -0.2) is 22.6 Å². The number of aryl methyl sites for hydroxylation is 2. The molecule has 26 heavy (non-hydrogen) atoms. The molecule has 0 radical (unpaired) electrons. The van der Waals surface area contributed by atoms with Crippen molar-refractivity contribution < 1.29 is 4.79 Å². The predicted octanol–water partition coefficient (Wildman–Crippen LogP) is 4.04. The van der Waals surface area contributed by atoms with Gasteiger partial charge in [-0.3, -0.25) is 4.79 Å². The van der Waals surface area contributed by atoms with Crippen LogP contribution in [0.25, 0.3) is 0 Å². The van der Waals surface area contributed by atoms with Crippen LogP contribution in [0.1, 0.15) is 27.2 Å². The van der Waals surface area contributed by atoms with Crippen molar-refractivity contribution in [2.75, 3.05) is 16.8 Å². The molecule has 2 aromatic carbocycles. The number of hydrogen-bond donors (Lipinski definition) is 1. The number of rotatable bonds is 3. The third-order valence-corrected chi connectivity index (χ3v) is 4.68. The Labute approximate surface area is 152 Å². The molecule has 3 aromatic rings. The van der Waals surface area contributed by atoms with Crippen LogP contribution in [0.15, 0.2) is 54.6 Å². The van der Waals surface area contributed by atoms with Crippen molar-refractivity contribution in [1.82, 2.24) is 10.2 Å². The molecule has 2 heterocycles. The maximum atomic E-state index is 12.5. The first kappa shape index (κ1) is 16.3. The fourth-order valence-electron chi connectivity index (χ4n) is 3.31. The average molecular weight is 344 g/mol. The Morgan fingerprint density at radius 3 is 2.65 bits per heavy atom. The van der Waals surface area contributed by atoms with Crippen molar-refractivity contribution in [1.29, 1.82) is 0 Å². The number of benzene rings is 2. The molecule has 1 N–H and O–H groups in total. The first-order valence-corrected chi connectivity index (χ1v) is 8.69. The van der Waals surface area contributed by atoms with Crippen molar-refractivity contribution in [3.8, 4) is 0 Å². The second-order valence-corrected chi connectivity index (χ2v) is 6.58. The van der Waals surface area contributed by atoms with E-state index in [0.29, 0.717) is 5.69 Å². The maximum absolute atomic E-state index is 12.5. The molecule has 0 saturated heterocycles. The first-order chi connectivity index (χ1) is 12.6. The van der Waals surface area contributed by atoms with Gasteiger partial charge in [0.2, 0.25) is 0 Å². The van der Waals surface area contributed by atoms with E-state index in [1.54, 1.807) is 6.07 Å². The molecule has 1 aliphatic rings. The second-order valence-electron chi connectivity index (χ2n) is 6.58. The lowest BCUT2D eigenvalue weighted by Crippen LogP contribution is -2.18. The standard InChI is InChI=1S/C21H20N4O/c1-14-7-8-17(15(2)13-14)22-21(26)18-9-10-20(24-23-18)25-12-11-16-5-3-4-6-19(16)25/h3-10,13H,11-12H2,1-2H3,(H,22,26). The van der Waals surface area contributed by atoms with Crippen LogP contribution in [0.5, 0.6) is 0 Å². The number of fused-ring (bicyclic) bond motifs is 1. The van der Waals surface area contributed by atoms with Crippen LogP contribution in [0.3, 0.4) is 0 Å². The number of carbonyl (C=O) groups excluding carboxylic acids is 1. The van der Waals surface area contributed by atoms with Crippen LogP contribution in [0.2, 0.25) is 0 Å². The van der Waals surface area contributed by atoms with E-state index in [1.807, 2.05) is 44.2 Å². The van der Waals surface area contributed by atoms with Crippen molar-refractivity contribution in [3.05, 3.63) is 77.0 Å². The summed E-state index contributed by atoms with van der Waals surface area (Å²) >= 11 is 0. The summed E-state index contributed by atoms with van der Waals surface area (Å²) < 4.78 is 0. The van der Waals surface area contributed by atoms with Gasteiger partial charge in [0.15, 0.2) is 11.5 Å². The van der Waals surface area contributed by atoms with Gasteiger partial charge in [-0.1, -0.05) is 35.9 Å². The normalized spacial score (nSPS) is 12.8. The lowest BCUT2D eigenvalue weighted by Gasteiger charge is -2.17. The SMILES string of the molecule is Cc1ccc(NC(=O)c2ccc(N3CCc4ccccc43)nn2)c(C)c1. The quantitative estimate of drug-likeness (QED) is 0.779. The molecule has 0 aliphatic carbocycles. The van der Waals surface area contributed by atoms with E-state index >= 15 is 0 Å². The molecule has 1 aliphatic heterocycles. The summed E-state index contributed by atoms with van der Waals surface area (Å²) in [4.78, 5) is 14.6. The van der Waals surface area contributed by atoms with Crippen LogP contribution >= 0.6 is 0 Å². The van der Waals surface area contributed by atoms with Gasteiger partial charge in [0.05, 0.1) is 0 Å². The number of amides is 1. The van der Waals surface area contributed by atoms with Crippen molar-refractivity contribution >= 4 is 23.1 Å². The van der Waals surface area contributed by atoms with Crippen LogP contribution < -0.4 is 10.2 Å². The molecule has 1 amide bonds. The molecule has 4 rings (SSSR count). The van der Waals surface area contributed by atoms with Crippen molar-refractivity contribution in [3.63, 3.8) is 0 Å². The van der Waals surface area contributed by atoms with Gasteiger partial charge >= 0.3 is 0 Å². The van der Waals surface area contributed by atoms with E-state index in [4.69, 9.17) is 0 Å². The average Bonchev–Trinajstić information content (AvgIpc) is 3.08. The van der Waals surface area contributed by atoms with E-state index in [1.165, 1.54) is 5.56 Å². The third kappa shape index (κ3) is 3.04. The van der Waals surface area contributed by atoms with Gasteiger partial charge in [0.1, 0.15) is 0 Å². The zero-order valence-electron chi connectivity index (χ0n) is 14.9. The highest BCUT2D eigenvalue weighted by Gasteiger charge is 2.21. The molecule has 5 heteroatoms. The van der Waals surface area contributed by atoms with Gasteiger partial charge in [-0.25, -0.2) is 0 Å². The molecule has 0 bridgehead atoms. The first-order valence-electron chi connectivity index (χ1n) is 8.69. The van der Waals surface area contributed by atoms with E-state index in [0.717, 1.165) is 41.3 Å². The van der Waals surface area contributed by atoms with Crippen LogP contribution in [0.4, 0.5) is 17.2 Å². The summed E-state index contributed by atoms with van der Waals surface area (Å²) in [6.07, 6.45) is 0.993. The number of para-hydroxylation sites is 1. The highest BCUT2D eigenvalue weighted by molar-refractivity contribution is 6.03. The molecule has 5 nitrogen and oxygen atoms in total. The molecular formula is C21H20N4O. The molecule has 0 spiro atoms. The number of nitrogens with zero attached hydrogens (tertiary/aromatic N) is 3. The fraction of sp³-hybridized carbons (Fsp3) is 0.190. The highest BCUT2D eigenvalue weighted by Crippen LogP contribution is 2.32. The Balaban J connectivity index is 1.52. The zero-order chi connectivity index (χ0) is 18.1. The summed E-state index contributed by atoms with van der Waals surface area (Å²) in [5.74, 6) is 0.510. The van der Waals surface area contributed by atoms with Gasteiger partial charge in [0, 0.05) is 17.9 Å².